The number of rotatable bonds is 2. The highest BCUT2D eigenvalue weighted by atomic mass is 19.1. The number of allylic oxidation sites excluding steroid dienone is 1. The minimum absolute atomic E-state index is 0.0296. The minimum Gasteiger partial charge on any atom is -0.510 e. The van der Waals surface area contributed by atoms with Crippen molar-refractivity contribution in [2.45, 2.75) is 42.7 Å². The number of hydrogen-bond acceptors (Lipinski definition) is 10. The number of aromatic hydroxyl groups is 1. The van der Waals surface area contributed by atoms with Gasteiger partial charge in [0.05, 0.1) is 17.3 Å². The third kappa shape index (κ3) is 2.45. The number of aliphatic hydroxyl groups excluding tert-OH is 2. The molecule has 6 rings (SSSR count). The number of Topliss-reactive ketones (excluding diaryl/α,β-unsaturated/α-hetero) is 1. The Morgan fingerprint density at radius 1 is 1.28 bits per heavy atom. The number of primary amides is 1. The Morgan fingerprint density at radius 2 is 1.97 bits per heavy atom. The standard InChI is InChI=1S/C24H27FN4O7/c1-29(2)10-3-4-28-17-13(10)15(25)8-5-7-6-9-16(26)20(32)14(22(27)34)24(35)23(9,36-24)21(33)11(7)18(30)12(8)19(17)31/h7,9-10,16,28,31-33,35H,3-6,26H2,1-2H3,(H2,27,34)/t7-,9-,10?,16-,23-,24+/m0/s1. The average molecular weight is 502 g/mol. The van der Waals surface area contributed by atoms with Gasteiger partial charge in [0.25, 0.3) is 5.91 Å². The molecule has 2 heterocycles. The zero-order chi connectivity index (χ0) is 26.1. The van der Waals surface area contributed by atoms with E-state index in [9.17, 15) is 30.0 Å². The predicted molar refractivity (Wildman–Crippen MR) is 122 cm³/mol. The van der Waals surface area contributed by atoms with E-state index in [1.165, 1.54) is 0 Å². The molecular formula is C24H27FN4O7. The molecular weight excluding hydrogens is 475 g/mol. The molecule has 1 saturated heterocycles. The number of nitrogens with zero attached hydrogens (tertiary/aromatic N) is 1. The molecule has 11 nitrogen and oxygen atoms in total. The molecule has 0 radical (unpaired) electrons. The van der Waals surface area contributed by atoms with Gasteiger partial charge in [-0.05, 0) is 39.3 Å². The number of anilines is 1. The van der Waals surface area contributed by atoms with Crippen LogP contribution in [0.4, 0.5) is 10.1 Å². The largest absolute Gasteiger partial charge is 0.510 e. The fourth-order valence-corrected chi connectivity index (χ4v) is 6.92. The van der Waals surface area contributed by atoms with Crippen LogP contribution in [-0.2, 0) is 16.0 Å². The van der Waals surface area contributed by atoms with Gasteiger partial charge in [-0.15, -0.1) is 0 Å². The summed E-state index contributed by atoms with van der Waals surface area (Å²) in [6, 6.07) is -1.55. The number of ketones is 1. The average Bonchev–Trinajstić information content (AvgIpc) is 3.44. The summed E-state index contributed by atoms with van der Waals surface area (Å²) in [5.41, 5.74) is 8.93. The zero-order valence-corrected chi connectivity index (χ0v) is 19.6. The van der Waals surface area contributed by atoms with Gasteiger partial charge in [0.15, 0.2) is 17.1 Å². The van der Waals surface area contributed by atoms with E-state index in [1.807, 2.05) is 19.0 Å². The van der Waals surface area contributed by atoms with Crippen molar-refractivity contribution >= 4 is 17.4 Å². The van der Waals surface area contributed by atoms with Gasteiger partial charge in [-0.3, -0.25) is 9.59 Å². The fraction of sp³-hybridized carbons (Fsp3) is 0.500. The van der Waals surface area contributed by atoms with E-state index in [-0.39, 0.29) is 46.8 Å². The maximum Gasteiger partial charge on any atom is 0.253 e. The molecule has 1 aromatic carbocycles. The van der Waals surface area contributed by atoms with Crippen molar-refractivity contribution in [2.75, 3.05) is 26.0 Å². The van der Waals surface area contributed by atoms with E-state index >= 15 is 4.39 Å². The summed E-state index contributed by atoms with van der Waals surface area (Å²) in [6.07, 6.45) is 0.608. The van der Waals surface area contributed by atoms with Gasteiger partial charge in [0.2, 0.25) is 5.79 Å². The van der Waals surface area contributed by atoms with E-state index < -0.39 is 69.6 Å². The molecule has 6 atom stereocenters. The number of phenols is 1. The molecule has 0 aromatic heterocycles. The number of aliphatic hydroxyl groups is 3. The number of ether oxygens (including phenoxy) is 1. The Kier molecular flexibility index (Phi) is 4.50. The number of nitrogens with one attached hydrogen (secondary N) is 1. The number of halogens is 1. The monoisotopic (exact) mass is 502 g/mol. The lowest BCUT2D eigenvalue weighted by molar-refractivity contribution is -0.117. The quantitative estimate of drug-likeness (QED) is 0.217. The highest BCUT2D eigenvalue weighted by Crippen LogP contribution is 2.67. The number of benzene rings is 1. The van der Waals surface area contributed by atoms with E-state index in [2.05, 4.69) is 5.32 Å². The number of hydrogen-bond donors (Lipinski definition) is 7. The molecule has 1 spiro atoms. The van der Waals surface area contributed by atoms with Crippen molar-refractivity contribution in [1.82, 2.24) is 4.90 Å². The predicted octanol–water partition coefficient (Wildman–Crippen LogP) is 0.233. The van der Waals surface area contributed by atoms with Crippen LogP contribution in [0.1, 0.15) is 40.4 Å². The van der Waals surface area contributed by atoms with Gasteiger partial charge in [0.1, 0.15) is 22.9 Å². The Bertz CT molecular complexity index is 1340. The highest BCUT2D eigenvalue weighted by molar-refractivity contribution is 6.15. The summed E-state index contributed by atoms with van der Waals surface area (Å²) in [7, 11) is 3.61. The number of amides is 1. The van der Waals surface area contributed by atoms with Crippen molar-refractivity contribution in [1.29, 1.82) is 0 Å². The van der Waals surface area contributed by atoms with Crippen molar-refractivity contribution in [3.8, 4) is 5.75 Å². The van der Waals surface area contributed by atoms with E-state index in [0.717, 1.165) is 0 Å². The fourth-order valence-electron chi connectivity index (χ4n) is 6.92. The molecule has 1 unspecified atom stereocenters. The summed E-state index contributed by atoms with van der Waals surface area (Å²) in [5, 5.41) is 47.1. The summed E-state index contributed by atoms with van der Waals surface area (Å²) in [5.74, 6) is -8.42. The van der Waals surface area contributed by atoms with Crippen molar-refractivity contribution in [3.05, 3.63) is 45.2 Å². The first kappa shape index (κ1) is 23.2. The maximum atomic E-state index is 16.0. The molecule has 0 bridgehead atoms. The van der Waals surface area contributed by atoms with E-state index in [4.69, 9.17) is 16.2 Å². The van der Waals surface area contributed by atoms with Crippen LogP contribution >= 0.6 is 0 Å². The minimum atomic E-state index is -2.46. The first-order valence-electron chi connectivity index (χ1n) is 11.8. The van der Waals surface area contributed by atoms with Crippen LogP contribution in [0.15, 0.2) is 22.7 Å². The topological polar surface area (TPSA) is 195 Å². The number of epoxide rings is 1. The SMILES string of the molecule is CN(C)C1CCNc2c(O)c3c(c(F)c21)C[C@H]1C[C@H]2[C@H](N)C(O)=C(C(N)=O)[C@@]4(O)O[C@]24C(O)=C1C3=O. The Hall–Kier alpha value is -3.19. The van der Waals surface area contributed by atoms with Crippen LogP contribution in [0, 0.1) is 17.7 Å². The van der Waals surface area contributed by atoms with Crippen LogP contribution in [0.25, 0.3) is 0 Å². The molecule has 1 aromatic rings. The number of carbonyl (C=O) groups is 2. The van der Waals surface area contributed by atoms with Crippen LogP contribution in [-0.4, -0.2) is 75.1 Å². The molecule has 12 heteroatoms. The molecule has 5 aliphatic rings. The van der Waals surface area contributed by atoms with Crippen LogP contribution in [0.5, 0.6) is 5.75 Å². The molecule has 3 aliphatic carbocycles. The third-order valence-electron chi connectivity index (χ3n) is 8.58. The second-order valence-corrected chi connectivity index (χ2v) is 10.5. The van der Waals surface area contributed by atoms with E-state index in [1.54, 1.807) is 0 Å². The van der Waals surface area contributed by atoms with Crippen LogP contribution in [0.3, 0.4) is 0 Å². The van der Waals surface area contributed by atoms with Gasteiger partial charge >= 0.3 is 0 Å². The summed E-state index contributed by atoms with van der Waals surface area (Å²) in [4.78, 5) is 27.6. The third-order valence-corrected chi connectivity index (χ3v) is 8.58. The summed E-state index contributed by atoms with van der Waals surface area (Å²) < 4.78 is 21.5. The summed E-state index contributed by atoms with van der Waals surface area (Å²) in [6.45, 7) is 0.460. The molecule has 2 aliphatic heterocycles. The lowest BCUT2D eigenvalue weighted by Crippen LogP contribution is -2.56. The lowest BCUT2D eigenvalue weighted by Gasteiger charge is -2.43. The Balaban J connectivity index is 1.54. The van der Waals surface area contributed by atoms with Gasteiger partial charge in [-0.2, -0.15) is 0 Å². The second kappa shape index (κ2) is 6.97. The number of phenolic OH excluding ortho intramolecular Hbond substituents is 1. The first-order valence-corrected chi connectivity index (χ1v) is 11.8. The first-order chi connectivity index (χ1) is 16.9. The highest BCUT2D eigenvalue weighted by Gasteiger charge is 2.84. The molecule has 1 amide bonds. The number of nitrogens with two attached hydrogens (primary N) is 2. The molecule has 36 heavy (non-hydrogen) atoms. The molecule has 192 valence electrons. The van der Waals surface area contributed by atoms with Gasteiger partial charge in [-0.25, -0.2) is 4.39 Å². The van der Waals surface area contributed by atoms with E-state index in [0.29, 0.717) is 13.0 Å². The molecule has 9 N–H and O–H groups in total. The summed E-state index contributed by atoms with van der Waals surface area (Å²) >= 11 is 0. The van der Waals surface area contributed by atoms with Gasteiger partial charge in [-0.1, -0.05) is 0 Å². The Morgan fingerprint density at radius 3 is 2.61 bits per heavy atom. The number of carbonyl (C=O) groups excluding carboxylic acids is 2. The van der Waals surface area contributed by atoms with Crippen LogP contribution < -0.4 is 16.8 Å². The van der Waals surface area contributed by atoms with Gasteiger partial charge in [0, 0.05) is 35.2 Å². The molecule has 0 saturated carbocycles. The number of fused-ring (bicyclic) bond motifs is 3. The second-order valence-electron chi connectivity index (χ2n) is 10.5. The van der Waals surface area contributed by atoms with Gasteiger partial charge < -0.3 is 46.8 Å². The van der Waals surface area contributed by atoms with Crippen molar-refractivity contribution in [2.24, 2.45) is 23.3 Å². The smallest absolute Gasteiger partial charge is 0.253 e. The normalized spacial score (nSPS) is 36.4. The lowest BCUT2D eigenvalue weighted by atomic mass is 9.60. The Labute approximate surface area is 204 Å². The maximum absolute atomic E-state index is 16.0. The van der Waals surface area contributed by atoms with Crippen molar-refractivity contribution in [3.63, 3.8) is 0 Å². The molecule has 1 fully saturated rings. The van der Waals surface area contributed by atoms with Crippen molar-refractivity contribution < 1.29 is 39.1 Å². The zero-order valence-electron chi connectivity index (χ0n) is 19.6. The van der Waals surface area contributed by atoms with Crippen LogP contribution in [0.2, 0.25) is 0 Å².